The first-order chi connectivity index (χ1) is 19.6. The highest BCUT2D eigenvalue weighted by atomic mass is 35.5. The summed E-state index contributed by atoms with van der Waals surface area (Å²) in [5.41, 5.74) is 1.02. The highest BCUT2D eigenvalue weighted by molar-refractivity contribution is 6.30. The lowest BCUT2D eigenvalue weighted by molar-refractivity contribution is -0.224. The Hall–Kier alpha value is -2.34. The zero-order valence-corrected chi connectivity index (χ0v) is 25.7. The van der Waals surface area contributed by atoms with Gasteiger partial charge in [-0.3, -0.25) is 19.6 Å². The molecule has 1 N–H and O–H groups in total. The van der Waals surface area contributed by atoms with Gasteiger partial charge in [-0.15, -0.1) is 0 Å². The Kier molecular flexibility index (Phi) is 14.4. The van der Waals surface area contributed by atoms with Crippen LogP contribution in [0.3, 0.4) is 0 Å². The van der Waals surface area contributed by atoms with Gasteiger partial charge in [0.1, 0.15) is 11.4 Å². The Bertz CT molecular complexity index is 1110. The summed E-state index contributed by atoms with van der Waals surface area (Å²) < 4.78 is 27.7. The minimum Gasteiger partial charge on any atom is -0.481 e. The van der Waals surface area contributed by atoms with E-state index in [1.165, 1.54) is 35.5 Å². The number of methoxy groups -OCH3 is 5. The Morgan fingerprint density at radius 3 is 1.54 bits per heavy atom. The topological polar surface area (TPSA) is 126 Å². The average Bonchev–Trinajstić information content (AvgIpc) is 2.97. The van der Waals surface area contributed by atoms with Gasteiger partial charge in [0.15, 0.2) is 0 Å². The van der Waals surface area contributed by atoms with Crippen molar-refractivity contribution < 1.29 is 38.4 Å². The van der Waals surface area contributed by atoms with E-state index in [9.17, 15) is 14.7 Å². The molecule has 2 heterocycles. The highest BCUT2D eigenvalue weighted by Crippen LogP contribution is 2.35. The summed E-state index contributed by atoms with van der Waals surface area (Å²) in [5.74, 6) is -4.78. The number of nitrogens with zero attached hydrogens (tertiary/aromatic N) is 2. The molecule has 0 aliphatic carbocycles. The third-order valence-corrected chi connectivity index (χ3v) is 7.88. The molecule has 0 aromatic carbocycles. The number of hydrogen-bond acceptors (Lipinski definition) is 9. The maximum atomic E-state index is 12.6. The van der Waals surface area contributed by atoms with Gasteiger partial charge in [-0.05, 0) is 62.8 Å². The Balaban J connectivity index is 2.03. The molecule has 0 aliphatic rings. The maximum absolute atomic E-state index is 12.6. The van der Waals surface area contributed by atoms with Crippen LogP contribution in [0.4, 0.5) is 0 Å². The van der Waals surface area contributed by atoms with Crippen molar-refractivity contribution in [3.8, 4) is 0 Å². The van der Waals surface area contributed by atoms with E-state index in [1.54, 1.807) is 36.7 Å². The van der Waals surface area contributed by atoms with Crippen molar-refractivity contribution in [3.05, 3.63) is 58.1 Å². The van der Waals surface area contributed by atoms with Crippen molar-refractivity contribution in [2.45, 2.75) is 62.9 Å². The summed E-state index contributed by atoms with van der Waals surface area (Å²) in [6.45, 7) is 0. The lowest BCUT2D eigenvalue weighted by atomic mass is 9.88. The van der Waals surface area contributed by atoms with Crippen molar-refractivity contribution in [1.29, 1.82) is 0 Å². The lowest BCUT2D eigenvalue weighted by Gasteiger charge is -2.31. The molecule has 0 bridgehead atoms. The SMILES string of the molecule is COC(=O)[C@@H](CCCC(OC)(OC)c1cc(Cl)ccn1)CCC(CCCC(OC)(OC)c1cc(Cl)ccn1)C(=O)O. The van der Waals surface area contributed by atoms with Gasteiger partial charge in [0, 0.05) is 63.7 Å². The predicted molar refractivity (Wildman–Crippen MR) is 153 cm³/mol. The van der Waals surface area contributed by atoms with E-state index < -0.39 is 29.4 Å². The maximum Gasteiger partial charge on any atom is 0.308 e. The number of ether oxygens (including phenoxy) is 5. The van der Waals surface area contributed by atoms with Crippen LogP contribution in [0.15, 0.2) is 36.7 Å². The van der Waals surface area contributed by atoms with E-state index in [-0.39, 0.29) is 5.97 Å². The van der Waals surface area contributed by atoms with Gasteiger partial charge in [0.2, 0.25) is 11.6 Å². The lowest BCUT2D eigenvalue weighted by Crippen LogP contribution is -2.32. The fourth-order valence-corrected chi connectivity index (χ4v) is 5.30. The number of hydrogen-bond donors (Lipinski definition) is 1. The number of rotatable bonds is 19. The number of carbonyl (C=O) groups is 2. The van der Waals surface area contributed by atoms with Crippen LogP contribution in [-0.2, 0) is 44.8 Å². The molecule has 0 saturated carbocycles. The zero-order valence-electron chi connectivity index (χ0n) is 24.2. The molecule has 2 rings (SSSR count). The molecule has 0 saturated heterocycles. The first-order valence-corrected chi connectivity index (χ1v) is 14.1. The molecule has 1 unspecified atom stereocenters. The molecular formula is C29H40Cl2N2O8. The third kappa shape index (κ3) is 9.59. The van der Waals surface area contributed by atoms with Crippen LogP contribution in [0.25, 0.3) is 0 Å². The summed E-state index contributed by atoms with van der Waals surface area (Å²) in [6, 6.07) is 6.65. The van der Waals surface area contributed by atoms with Gasteiger partial charge in [-0.25, -0.2) is 0 Å². The molecule has 0 fully saturated rings. The summed E-state index contributed by atoms with van der Waals surface area (Å²) in [4.78, 5) is 33.4. The number of pyridine rings is 2. The predicted octanol–water partition coefficient (Wildman–Crippen LogP) is 5.99. The largest absolute Gasteiger partial charge is 0.481 e. The van der Waals surface area contributed by atoms with Crippen molar-refractivity contribution in [1.82, 2.24) is 9.97 Å². The first-order valence-electron chi connectivity index (χ1n) is 13.4. The van der Waals surface area contributed by atoms with Gasteiger partial charge >= 0.3 is 11.9 Å². The highest BCUT2D eigenvalue weighted by Gasteiger charge is 2.36. The van der Waals surface area contributed by atoms with Gasteiger partial charge in [-0.2, -0.15) is 0 Å². The molecule has 10 nitrogen and oxygen atoms in total. The van der Waals surface area contributed by atoms with Crippen LogP contribution in [0.2, 0.25) is 10.0 Å². The third-order valence-electron chi connectivity index (χ3n) is 7.41. The zero-order chi connectivity index (χ0) is 30.5. The number of aliphatic carboxylic acids is 1. The fraction of sp³-hybridized carbons (Fsp3) is 0.586. The van der Waals surface area contributed by atoms with Crippen molar-refractivity contribution >= 4 is 35.1 Å². The number of esters is 1. The summed E-state index contributed by atoms with van der Waals surface area (Å²) in [7, 11) is 7.38. The minimum atomic E-state index is -1.16. The molecule has 41 heavy (non-hydrogen) atoms. The van der Waals surface area contributed by atoms with E-state index in [0.717, 1.165) is 0 Å². The number of aromatic nitrogens is 2. The molecule has 2 aromatic rings. The van der Waals surface area contributed by atoms with Gasteiger partial charge in [0.25, 0.3) is 0 Å². The molecule has 0 radical (unpaired) electrons. The number of carboxylic acids is 1. The van der Waals surface area contributed by atoms with Crippen LogP contribution in [-0.4, -0.2) is 62.6 Å². The fourth-order valence-electron chi connectivity index (χ4n) is 4.98. The monoisotopic (exact) mass is 614 g/mol. The average molecular weight is 616 g/mol. The van der Waals surface area contributed by atoms with E-state index >= 15 is 0 Å². The number of carbonyl (C=O) groups excluding carboxylic acids is 1. The van der Waals surface area contributed by atoms with Crippen molar-refractivity contribution in [2.24, 2.45) is 11.8 Å². The first kappa shape index (κ1) is 34.9. The van der Waals surface area contributed by atoms with Gasteiger partial charge in [0.05, 0.1) is 18.9 Å². The van der Waals surface area contributed by atoms with Gasteiger partial charge < -0.3 is 28.8 Å². The standard InChI is InChI=1S/C29H40Cl2N2O8/c1-37-27(36)21(9-7-15-29(40-4,41-5)25-19-23(31)13-17-33-25)11-10-20(26(34)35)8-6-14-28(38-2,39-3)24-18-22(30)12-16-32-24/h12-13,16-21H,6-11,14-15H2,1-5H3,(H,34,35)/t20?,21-/m0/s1. The molecular weight excluding hydrogens is 575 g/mol. The quantitative estimate of drug-likeness (QED) is 0.149. The van der Waals surface area contributed by atoms with Crippen LogP contribution in [0, 0.1) is 11.8 Å². The summed E-state index contributed by atoms with van der Waals surface area (Å²) in [5, 5.41) is 10.9. The number of halogens is 2. The Morgan fingerprint density at radius 2 is 1.17 bits per heavy atom. The number of carboxylic acid groups (broad SMARTS) is 1. The second-order valence-electron chi connectivity index (χ2n) is 9.66. The minimum absolute atomic E-state index is 0.299. The van der Waals surface area contributed by atoms with E-state index in [2.05, 4.69) is 9.97 Å². The van der Waals surface area contributed by atoms with E-state index in [1.807, 2.05) is 0 Å². The van der Waals surface area contributed by atoms with Crippen LogP contribution >= 0.6 is 23.2 Å². The molecule has 2 atom stereocenters. The van der Waals surface area contributed by atoms with Crippen LogP contribution in [0.5, 0.6) is 0 Å². The van der Waals surface area contributed by atoms with Crippen molar-refractivity contribution in [2.75, 3.05) is 35.5 Å². The van der Waals surface area contributed by atoms with Crippen LogP contribution in [0.1, 0.15) is 62.8 Å². The molecule has 0 spiro atoms. The molecule has 0 amide bonds. The summed E-state index contributed by atoms with van der Waals surface area (Å²) >= 11 is 12.3. The Morgan fingerprint density at radius 1 is 0.756 bits per heavy atom. The molecule has 0 aliphatic heterocycles. The normalized spacial score (nSPS) is 13.5. The van der Waals surface area contributed by atoms with Gasteiger partial charge in [-0.1, -0.05) is 23.2 Å². The summed E-state index contributed by atoms with van der Waals surface area (Å²) in [6.07, 6.45) is 6.36. The van der Waals surface area contributed by atoms with E-state index in [0.29, 0.717) is 72.8 Å². The smallest absolute Gasteiger partial charge is 0.308 e. The van der Waals surface area contributed by atoms with Crippen molar-refractivity contribution in [3.63, 3.8) is 0 Å². The van der Waals surface area contributed by atoms with E-state index in [4.69, 9.17) is 46.9 Å². The van der Waals surface area contributed by atoms with Crippen LogP contribution < -0.4 is 0 Å². The molecule has 228 valence electrons. The second-order valence-corrected chi connectivity index (χ2v) is 10.5. The molecule has 12 heteroatoms. The Labute approximate surface area is 251 Å². The molecule has 2 aromatic heterocycles. The second kappa shape index (κ2) is 16.9.